The summed E-state index contributed by atoms with van der Waals surface area (Å²) in [4.78, 5) is 45.3. The fourth-order valence-electron chi connectivity index (χ4n) is 4.50. The maximum absolute atomic E-state index is 13.5. The summed E-state index contributed by atoms with van der Waals surface area (Å²) < 4.78 is 22.0. The van der Waals surface area contributed by atoms with Crippen LogP contribution in [0.4, 0.5) is 5.13 Å². The number of carbonyl (C=O) groups is 3. The van der Waals surface area contributed by atoms with E-state index in [0.717, 1.165) is 11.3 Å². The minimum absolute atomic E-state index is 0.129. The molecule has 11 heteroatoms. The second-order valence-electron chi connectivity index (χ2n) is 8.66. The Morgan fingerprint density at radius 3 is 2.62 bits per heavy atom. The van der Waals surface area contributed by atoms with Crippen LogP contribution in [0.15, 0.2) is 48.0 Å². The fraction of sp³-hybridized carbons (Fsp3) is 0.286. The molecule has 0 bridgehead atoms. The second kappa shape index (κ2) is 10.8. The Morgan fingerprint density at radius 2 is 1.87 bits per heavy atom. The van der Waals surface area contributed by atoms with Gasteiger partial charge in [0.2, 0.25) is 0 Å². The number of rotatable bonds is 7. The third kappa shape index (κ3) is 4.81. The maximum Gasteiger partial charge on any atom is 0.350 e. The van der Waals surface area contributed by atoms with Crippen molar-refractivity contribution in [3.8, 4) is 17.2 Å². The molecular weight excluding hydrogens is 524 g/mol. The Balaban J connectivity index is 1.67. The van der Waals surface area contributed by atoms with E-state index in [2.05, 4.69) is 4.98 Å². The number of thiazole rings is 1. The number of nitrogens with zero attached hydrogens (tertiary/aromatic N) is 2. The standard InChI is InChI=1S/C28H26N2O8S/c1-4-35-18-8-6-7-16(13-18)22-21(23(31)17-9-10-19-20(14-17)38-12-11-37-19)24(32)26(33)30(22)28-29-15(3)25(39-28)27(34)36-5-2/h6-10,13-14,22,31H,4-5,11-12H2,1-3H3/b23-21+/t22-/m1/s1. The summed E-state index contributed by atoms with van der Waals surface area (Å²) in [7, 11) is 0. The average Bonchev–Trinajstić information content (AvgIpc) is 3.45. The van der Waals surface area contributed by atoms with Gasteiger partial charge in [-0.2, -0.15) is 0 Å². The number of amides is 1. The predicted molar refractivity (Wildman–Crippen MR) is 143 cm³/mol. The number of aryl methyl sites for hydroxylation is 1. The molecule has 3 aromatic rings. The monoisotopic (exact) mass is 550 g/mol. The highest BCUT2D eigenvalue weighted by atomic mass is 32.1. The summed E-state index contributed by atoms with van der Waals surface area (Å²) in [6.07, 6.45) is 0. The van der Waals surface area contributed by atoms with Crippen LogP contribution >= 0.6 is 11.3 Å². The Kier molecular flexibility index (Phi) is 7.25. The number of aliphatic hydroxyl groups is 1. The molecule has 0 saturated carbocycles. The van der Waals surface area contributed by atoms with Crippen molar-refractivity contribution in [3.05, 3.63) is 69.7 Å². The summed E-state index contributed by atoms with van der Waals surface area (Å²) in [5, 5.41) is 11.6. The molecule has 1 aromatic heterocycles. The van der Waals surface area contributed by atoms with Gasteiger partial charge in [-0.1, -0.05) is 23.5 Å². The molecule has 10 nitrogen and oxygen atoms in total. The third-order valence-corrected chi connectivity index (χ3v) is 7.33. The van der Waals surface area contributed by atoms with E-state index < -0.39 is 23.7 Å². The third-order valence-electron chi connectivity index (χ3n) is 6.20. The van der Waals surface area contributed by atoms with Gasteiger partial charge in [-0.3, -0.25) is 14.5 Å². The van der Waals surface area contributed by atoms with Gasteiger partial charge in [0.05, 0.1) is 30.5 Å². The average molecular weight is 551 g/mol. The maximum atomic E-state index is 13.5. The number of carbonyl (C=O) groups excluding carboxylic acids is 3. The molecule has 2 aliphatic heterocycles. The van der Waals surface area contributed by atoms with Gasteiger partial charge in [0.1, 0.15) is 29.6 Å². The summed E-state index contributed by atoms with van der Waals surface area (Å²) in [6, 6.07) is 10.7. The van der Waals surface area contributed by atoms with Crippen LogP contribution in [0, 0.1) is 6.92 Å². The first-order chi connectivity index (χ1) is 18.8. The van der Waals surface area contributed by atoms with Crippen molar-refractivity contribution in [1.29, 1.82) is 0 Å². The van der Waals surface area contributed by atoms with Gasteiger partial charge in [0.25, 0.3) is 5.78 Å². The Bertz CT molecular complexity index is 1490. The number of benzene rings is 2. The molecule has 1 fully saturated rings. The first kappa shape index (κ1) is 26.2. The number of ether oxygens (including phenoxy) is 4. The smallest absolute Gasteiger partial charge is 0.350 e. The van der Waals surface area contributed by atoms with Gasteiger partial charge in [-0.25, -0.2) is 9.78 Å². The van der Waals surface area contributed by atoms with Crippen LogP contribution in [0.3, 0.4) is 0 Å². The van der Waals surface area contributed by atoms with E-state index in [1.807, 2.05) is 6.92 Å². The van der Waals surface area contributed by atoms with E-state index in [1.165, 1.54) is 4.90 Å². The molecule has 2 aliphatic rings. The molecule has 202 valence electrons. The zero-order valence-electron chi connectivity index (χ0n) is 21.6. The van der Waals surface area contributed by atoms with Crippen molar-refractivity contribution < 1.29 is 38.4 Å². The molecule has 39 heavy (non-hydrogen) atoms. The molecule has 1 saturated heterocycles. The van der Waals surface area contributed by atoms with Gasteiger partial charge in [-0.05, 0) is 56.7 Å². The number of esters is 1. The summed E-state index contributed by atoms with van der Waals surface area (Å²) >= 11 is 0.947. The number of hydrogen-bond donors (Lipinski definition) is 1. The molecular formula is C28H26N2O8S. The van der Waals surface area contributed by atoms with Crippen molar-refractivity contribution in [3.63, 3.8) is 0 Å². The molecule has 3 heterocycles. The van der Waals surface area contributed by atoms with Crippen LogP contribution in [0.5, 0.6) is 17.2 Å². The van der Waals surface area contributed by atoms with Gasteiger partial charge < -0.3 is 24.1 Å². The molecule has 2 aromatic carbocycles. The number of aliphatic hydroxyl groups excluding tert-OH is 1. The van der Waals surface area contributed by atoms with Gasteiger partial charge in [0.15, 0.2) is 16.6 Å². The molecule has 0 aliphatic carbocycles. The topological polar surface area (TPSA) is 124 Å². The Labute approximate surface area is 228 Å². The molecule has 0 spiro atoms. The number of anilines is 1. The molecule has 1 N–H and O–H groups in total. The number of ketones is 1. The lowest BCUT2D eigenvalue weighted by atomic mass is 9.95. The molecule has 1 atom stereocenters. The zero-order valence-corrected chi connectivity index (χ0v) is 22.4. The van der Waals surface area contributed by atoms with E-state index in [0.29, 0.717) is 48.3 Å². The highest BCUT2D eigenvalue weighted by molar-refractivity contribution is 7.17. The minimum atomic E-state index is -1.04. The lowest BCUT2D eigenvalue weighted by Gasteiger charge is -2.23. The second-order valence-corrected chi connectivity index (χ2v) is 9.64. The summed E-state index contributed by atoms with van der Waals surface area (Å²) in [6.45, 7) is 6.50. The summed E-state index contributed by atoms with van der Waals surface area (Å²) in [5.74, 6) is -1.25. The molecule has 1 amide bonds. The van der Waals surface area contributed by atoms with Crippen molar-refractivity contribution in [1.82, 2.24) is 4.98 Å². The normalized spacial score (nSPS) is 17.8. The lowest BCUT2D eigenvalue weighted by Crippen LogP contribution is -2.29. The predicted octanol–water partition coefficient (Wildman–Crippen LogP) is 4.42. The van der Waals surface area contributed by atoms with Crippen LogP contribution in [0.2, 0.25) is 0 Å². The largest absolute Gasteiger partial charge is 0.507 e. The first-order valence-electron chi connectivity index (χ1n) is 12.4. The van der Waals surface area contributed by atoms with Crippen molar-refractivity contribution >= 4 is 39.9 Å². The van der Waals surface area contributed by atoms with Gasteiger partial charge in [0, 0.05) is 5.56 Å². The van der Waals surface area contributed by atoms with E-state index in [4.69, 9.17) is 18.9 Å². The van der Waals surface area contributed by atoms with E-state index in [-0.39, 0.29) is 33.5 Å². The van der Waals surface area contributed by atoms with Crippen LogP contribution < -0.4 is 19.1 Å². The fourth-order valence-corrected chi connectivity index (χ4v) is 5.49. The van der Waals surface area contributed by atoms with Crippen LogP contribution in [0.1, 0.15) is 46.4 Å². The zero-order chi connectivity index (χ0) is 27.7. The van der Waals surface area contributed by atoms with Crippen molar-refractivity contribution in [2.45, 2.75) is 26.8 Å². The quantitative estimate of drug-likeness (QED) is 0.197. The van der Waals surface area contributed by atoms with Crippen molar-refractivity contribution in [2.75, 3.05) is 31.3 Å². The number of Topliss-reactive ketones (excluding diaryl/α,β-unsaturated/α-hetero) is 1. The molecule has 0 radical (unpaired) electrons. The Morgan fingerprint density at radius 1 is 1.10 bits per heavy atom. The van der Waals surface area contributed by atoms with E-state index in [1.54, 1.807) is 56.3 Å². The van der Waals surface area contributed by atoms with Crippen molar-refractivity contribution in [2.24, 2.45) is 0 Å². The Hall–Kier alpha value is -4.38. The summed E-state index contributed by atoms with van der Waals surface area (Å²) in [5.41, 5.74) is 1.04. The van der Waals surface area contributed by atoms with E-state index >= 15 is 0 Å². The molecule has 5 rings (SSSR count). The van der Waals surface area contributed by atoms with Gasteiger partial charge in [-0.15, -0.1) is 0 Å². The van der Waals surface area contributed by atoms with Crippen LogP contribution in [0.25, 0.3) is 5.76 Å². The minimum Gasteiger partial charge on any atom is -0.507 e. The van der Waals surface area contributed by atoms with E-state index in [9.17, 15) is 19.5 Å². The van der Waals surface area contributed by atoms with Crippen LogP contribution in [-0.4, -0.2) is 54.2 Å². The highest BCUT2D eigenvalue weighted by Gasteiger charge is 2.48. The SMILES string of the molecule is CCOC(=O)c1sc(N2C(=O)C(=O)/C(=C(/O)c3ccc4c(c3)OCCO4)[C@H]2c2cccc(OCC)c2)nc1C. The van der Waals surface area contributed by atoms with Gasteiger partial charge >= 0.3 is 11.9 Å². The number of aromatic nitrogens is 1. The number of hydrogen-bond acceptors (Lipinski definition) is 10. The van der Waals surface area contributed by atoms with Crippen LogP contribution in [-0.2, 0) is 14.3 Å². The number of fused-ring (bicyclic) bond motifs is 1. The lowest BCUT2D eigenvalue weighted by molar-refractivity contribution is -0.132. The molecule has 0 unspecified atom stereocenters. The first-order valence-corrected chi connectivity index (χ1v) is 13.2. The highest BCUT2D eigenvalue weighted by Crippen LogP contribution is 2.45.